The number of hydrogen-bond acceptors (Lipinski definition) is 8. The van der Waals surface area contributed by atoms with Gasteiger partial charge in [-0.2, -0.15) is 0 Å². The number of hydrogen-bond donors (Lipinski definition) is 4. The first-order valence-electron chi connectivity index (χ1n) is 11.2. The number of furan rings is 1. The van der Waals surface area contributed by atoms with E-state index in [1.54, 1.807) is 44.4 Å². The van der Waals surface area contributed by atoms with E-state index < -0.39 is 13.0 Å². The second-order valence-electron chi connectivity index (χ2n) is 8.30. The minimum atomic E-state index is -1.55. The van der Waals surface area contributed by atoms with Gasteiger partial charge >= 0.3 is 7.12 Å². The molecule has 0 bridgehead atoms. The van der Waals surface area contributed by atoms with Gasteiger partial charge in [0.05, 0.1) is 18.2 Å². The molecule has 5 N–H and O–H groups in total. The van der Waals surface area contributed by atoms with Gasteiger partial charge in [-0.15, -0.1) is 0 Å². The smallest absolute Gasteiger partial charge is 0.488 e. The second kappa shape index (κ2) is 9.33. The number of anilines is 1. The van der Waals surface area contributed by atoms with Gasteiger partial charge in [-0.1, -0.05) is 42.5 Å². The lowest BCUT2D eigenvalue weighted by Gasteiger charge is -2.13. The molecule has 2 aromatic heterocycles. The molecule has 10 heteroatoms. The van der Waals surface area contributed by atoms with Crippen molar-refractivity contribution >= 4 is 46.2 Å². The normalized spacial score (nSPS) is 11.1. The molecule has 0 aliphatic rings. The highest BCUT2D eigenvalue weighted by Crippen LogP contribution is 2.37. The number of ether oxygens (including phenoxy) is 1. The maximum Gasteiger partial charge on any atom is 0.488 e. The molecule has 0 spiro atoms. The van der Waals surface area contributed by atoms with Crippen LogP contribution in [0.5, 0.6) is 5.75 Å². The Morgan fingerprint density at radius 1 is 1.08 bits per heavy atom. The molecule has 0 unspecified atom stereocenters. The van der Waals surface area contributed by atoms with Gasteiger partial charge < -0.3 is 30.3 Å². The lowest BCUT2D eigenvalue weighted by atomic mass is 9.80. The van der Waals surface area contributed by atoms with E-state index in [1.807, 2.05) is 30.3 Å². The van der Waals surface area contributed by atoms with Crippen LogP contribution in [0.2, 0.25) is 0 Å². The van der Waals surface area contributed by atoms with Crippen molar-refractivity contribution in [1.29, 1.82) is 0 Å². The van der Waals surface area contributed by atoms with E-state index in [0.29, 0.717) is 57.2 Å². The van der Waals surface area contributed by atoms with Crippen LogP contribution in [0.3, 0.4) is 0 Å². The molecule has 1 amide bonds. The van der Waals surface area contributed by atoms with Crippen molar-refractivity contribution in [2.75, 3.05) is 12.4 Å². The molecule has 2 heterocycles. The average Bonchev–Trinajstić information content (AvgIpc) is 3.22. The Labute approximate surface area is 206 Å². The SMILES string of the molecule is COc1cccc2c(NCc3cccc(B(O)O)c3)nc(-c3c(C)oc4c(C(N)=O)cccc34)nc12. The Morgan fingerprint density at radius 3 is 2.58 bits per heavy atom. The van der Waals surface area contributed by atoms with Crippen LogP contribution >= 0.6 is 0 Å². The average molecular weight is 482 g/mol. The molecule has 0 radical (unpaired) electrons. The Hall–Kier alpha value is -4.41. The third-order valence-corrected chi connectivity index (χ3v) is 6.00. The first-order chi connectivity index (χ1) is 17.4. The van der Waals surface area contributed by atoms with Crippen molar-refractivity contribution < 1.29 is 24.0 Å². The van der Waals surface area contributed by atoms with Crippen molar-refractivity contribution in [2.45, 2.75) is 13.5 Å². The molecule has 3 aromatic carbocycles. The van der Waals surface area contributed by atoms with E-state index in [-0.39, 0.29) is 5.56 Å². The predicted octanol–water partition coefficient (Wildman–Crippen LogP) is 2.75. The third-order valence-electron chi connectivity index (χ3n) is 6.00. The molecule has 5 rings (SSSR count). The van der Waals surface area contributed by atoms with E-state index in [0.717, 1.165) is 10.9 Å². The molecule has 0 saturated carbocycles. The third kappa shape index (κ3) is 4.12. The maximum atomic E-state index is 11.9. The zero-order chi connectivity index (χ0) is 25.4. The fraction of sp³-hybridized carbons (Fsp3) is 0.115. The van der Waals surface area contributed by atoms with Crippen LogP contribution in [-0.4, -0.2) is 40.2 Å². The highest BCUT2D eigenvalue weighted by molar-refractivity contribution is 6.58. The van der Waals surface area contributed by atoms with Gasteiger partial charge in [0.2, 0.25) is 0 Å². The first-order valence-corrected chi connectivity index (χ1v) is 11.2. The summed E-state index contributed by atoms with van der Waals surface area (Å²) in [5.41, 5.74) is 8.71. The zero-order valence-corrected chi connectivity index (χ0v) is 19.6. The van der Waals surface area contributed by atoms with Crippen LogP contribution in [0, 0.1) is 6.92 Å². The summed E-state index contributed by atoms with van der Waals surface area (Å²) in [6.45, 7) is 2.16. The van der Waals surface area contributed by atoms with Gasteiger partial charge in [0.1, 0.15) is 28.4 Å². The van der Waals surface area contributed by atoms with Crippen molar-refractivity contribution in [1.82, 2.24) is 9.97 Å². The Kier molecular flexibility index (Phi) is 6.05. The van der Waals surface area contributed by atoms with E-state index in [9.17, 15) is 14.8 Å². The van der Waals surface area contributed by atoms with Gasteiger partial charge in [0.15, 0.2) is 5.82 Å². The van der Waals surface area contributed by atoms with Crippen LogP contribution in [0.15, 0.2) is 65.1 Å². The van der Waals surface area contributed by atoms with Crippen LogP contribution in [-0.2, 0) is 6.54 Å². The number of primary amides is 1. The van der Waals surface area contributed by atoms with E-state index in [1.165, 1.54) is 0 Å². The van der Waals surface area contributed by atoms with Crippen LogP contribution in [0.25, 0.3) is 33.3 Å². The van der Waals surface area contributed by atoms with Gasteiger partial charge in [-0.25, -0.2) is 9.97 Å². The molecule has 0 fully saturated rings. The number of nitrogens with two attached hydrogens (primary N) is 1. The van der Waals surface area contributed by atoms with Crippen molar-refractivity contribution in [2.24, 2.45) is 5.73 Å². The van der Waals surface area contributed by atoms with Crippen LogP contribution in [0.4, 0.5) is 5.82 Å². The number of nitrogens with one attached hydrogen (secondary N) is 1. The van der Waals surface area contributed by atoms with Crippen molar-refractivity contribution in [3.8, 4) is 17.1 Å². The quantitative estimate of drug-likeness (QED) is 0.259. The van der Waals surface area contributed by atoms with Gasteiger partial charge in [-0.05, 0) is 36.1 Å². The molecule has 9 nitrogen and oxygen atoms in total. The summed E-state index contributed by atoms with van der Waals surface area (Å²) in [6.07, 6.45) is 0. The number of amides is 1. The van der Waals surface area contributed by atoms with Crippen molar-refractivity contribution in [3.63, 3.8) is 0 Å². The Bertz CT molecular complexity index is 1620. The second-order valence-corrected chi connectivity index (χ2v) is 8.30. The maximum absolute atomic E-state index is 11.9. The number of carbonyl (C=O) groups excluding carboxylic acids is 1. The van der Waals surface area contributed by atoms with E-state index in [2.05, 4.69) is 5.32 Å². The van der Waals surface area contributed by atoms with Gasteiger partial charge in [0, 0.05) is 17.3 Å². The highest BCUT2D eigenvalue weighted by atomic mass is 16.5. The summed E-state index contributed by atoms with van der Waals surface area (Å²) in [5, 5.41) is 23.8. The summed E-state index contributed by atoms with van der Waals surface area (Å²) >= 11 is 0. The number of rotatable bonds is 7. The van der Waals surface area contributed by atoms with Gasteiger partial charge in [-0.3, -0.25) is 4.79 Å². The summed E-state index contributed by atoms with van der Waals surface area (Å²) in [5.74, 6) is 1.49. The van der Waals surface area contributed by atoms with Gasteiger partial charge in [0.25, 0.3) is 5.91 Å². The molecular formula is C26H23BN4O5. The monoisotopic (exact) mass is 482 g/mol. The van der Waals surface area contributed by atoms with Crippen molar-refractivity contribution in [3.05, 3.63) is 77.6 Å². The minimum Gasteiger partial charge on any atom is -0.494 e. The zero-order valence-electron chi connectivity index (χ0n) is 19.6. The molecular weight excluding hydrogens is 459 g/mol. The fourth-order valence-electron chi connectivity index (χ4n) is 4.30. The number of methoxy groups -OCH3 is 1. The minimum absolute atomic E-state index is 0.282. The van der Waals surface area contributed by atoms with E-state index in [4.69, 9.17) is 24.9 Å². The summed E-state index contributed by atoms with van der Waals surface area (Å²) < 4.78 is 11.5. The molecule has 0 aliphatic carbocycles. The Morgan fingerprint density at radius 2 is 1.83 bits per heavy atom. The largest absolute Gasteiger partial charge is 0.494 e. The van der Waals surface area contributed by atoms with Crippen LogP contribution in [0.1, 0.15) is 21.7 Å². The molecule has 5 aromatic rings. The number of carbonyl (C=O) groups is 1. The molecule has 180 valence electrons. The summed E-state index contributed by atoms with van der Waals surface area (Å²) in [4.78, 5) is 21.6. The topological polar surface area (TPSA) is 144 Å². The molecule has 0 saturated heterocycles. The number of nitrogens with zero attached hydrogens (tertiary/aromatic N) is 2. The number of aryl methyl sites for hydroxylation is 1. The Balaban J connectivity index is 1.66. The standard InChI is InChI=1S/C26H23BN4O5/c1-14-21(17-8-4-10-19(24(28)32)23(17)36-14)26-30-22-18(9-5-11-20(22)35-2)25(31-26)29-13-15-6-3-7-16(12-15)27(33)34/h3-12,33-34H,13H2,1-2H3,(H2,28,32)(H,29,30,31). The molecule has 0 aliphatic heterocycles. The number of benzene rings is 3. The predicted molar refractivity (Wildman–Crippen MR) is 138 cm³/mol. The lowest BCUT2D eigenvalue weighted by Crippen LogP contribution is -2.30. The number of fused-ring (bicyclic) bond motifs is 2. The van der Waals surface area contributed by atoms with Crippen LogP contribution < -0.4 is 21.3 Å². The number of para-hydroxylation sites is 2. The molecule has 36 heavy (non-hydrogen) atoms. The van der Waals surface area contributed by atoms with E-state index >= 15 is 0 Å². The lowest BCUT2D eigenvalue weighted by molar-refractivity contribution is 0.100. The summed E-state index contributed by atoms with van der Waals surface area (Å²) in [6, 6.07) is 17.8. The number of aromatic nitrogens is 2. The first kappa shape index (κ1) is 23.3. The summed E-state index contributed by atoms with van der Waals surface area (Å²) in [7, 11) is 0.0239. The molecule has 0 atom stereocenters. The highest BCUT2D eigenvalue weighted by Gasteiger charge is 2.22. The fourth-order valence-corrected chi connectivity index (χ4v) is 4.30.